The lowest BCUT2D eigenvalue weighted by molar-refractivity contribution is -0.115. The molecule has 0 aliphatic carbocycles. The predicted molar refractivity (Wildman–Crippen MR) is 160 cm³/mol. The first-order chi connectivity index (χ1) is 19.7. The summed E-state index contributed by atoms with van der Waals surface area (Å²) in [7, 11) is 0. The van der Waals surface area contributed by atoms with E-state index < -0.39 is 30.5 Å². The summed E-state index contributed by atoms with van der Waals surface area (Å²) in [6, 6.07) is 10.9. The highest BCUT2D eigenvalue weighted by Crippen LogP contribution is 2.28. The van der Waals surface area contributed by atoms with Crippen LogP contribution in [-0.2, 0) is 9.53 Å². The van der Waals surface area contributed by atoms with Crippen molar-refractivity contribution in [3.63, 3.8) is 0 Å². The molecule has 3 aromatic rings. The van der Waals surface area contributed by atoms with Gasteiger partial charge in [0.1, 0.15) is 13.2 Å². The van der Waals surface area contributed by atoms with Crippen molar-refractivity contribution in [2.24, 2.45) is 0 Å². The van der Waals surface area contributed by atoms with Crippen molar-refractivity contribution >= 4 is 52.4 Å². The molecular formula is C31H32N4O6. The number of hydrogen-bond acceptors (Lipinski definition) is 5. The van der Waals surface area contributed by atoms with Crippen LogP contribution < -0.4 is 16.0 Å². The number of para-hydroxylation sites is 1. The Morgan fingerprint density at radius 2 is 1.76 bits per heavy atom. The van der Waals surface area contributed by atoms with Crippen LogP contribution in [0.4, 0.5) is 21.0 Å². The first-order valence-electron chi connectivity index (χ1n) is 12.8. The van der Waals surface area contributed by atoms with E-state index in [0.717, 1.165) is 16.5 Å². The summed E-state index contributed by atoms with van der Waals surface area (Å²) in [6.45, 7) is 8.67. The zero-order valence-electron chi connectivity index (χ0n) is 23.1. The van der Waals surface area contributed by atoms with Crippen LogP contribution in [0.3, 0.4) is 0 Å². The number of aromatic nitrogens is 1. The van der Waals surface area contributed by atoms with E-state index in [-0.39, 0.29) is 23.5 Å². The summed E-state index contributed by atoms with van der Waals surface area (Å²) >= 11 is 0. The minimum absolute atomic E-state index is 0.00435. The number of carboxylic acid groups (broad SMARTS) is 1. The van der Waals surface area contributed by atoms with Gasteiger partial charge in [-0.15, -0.1) is 0 Å². The normalized spacial score (nSPS) is 11.5. The summed E-state index contributed by atoms with van der Waals surface area (Å²) in [5.74, 6) is -1.87. The molecule has 0 aliphatic heterocycles. The van der Waals surface area contributed by atoms with E-state index in [0.29, 0.717) is 11.2 Å². The molecule has 212 valence electrons. The first-order valence-corrected chi connectivity index (χ1v) is 12.8. The van der Waals surface area contributed by atoms with Crippen LogP contribution >= 0.6 is 0 Å². The quantitative estimate of drug-likeness (QED) is 0.222. The van der Waals surface area contributed by atoms with Gasteiger partial charge < -0.3 is 25.8 Å². The van der Waals surface area contributed by atoms with E-state index >= 15 is 0 Å². The molecule has 41 heavy (non-hydrogen) atoms. The van der Waals surface area contributed by atoms with Crippen LogP contribution in [0.5, 0.6) is 0 Å². The van der Waals surface area contributed by atoms with Crippen LogP contribution in [0.25, 0.3) is 17.0 Å². The fraction of sp³-hybridized carbons (Fsp3) is 0.161. The highest BCUT2D eigenvalue weighted by Gasteiger charge is 2.18. The largest absolute Gasteiger partial charge is 0.478 e. The molecule has 0 aliphatic rings. The van der Waals surface area contributed by atoms with Crippen LogP contribution in [0.1, 0.15) is 35.5 Å². The van der Waals surface area contributed by atoms with Crippen LogP contribution in [0.2, 0.25) is 0 Å². The number of hydrogen-bond donors (Lipinski definition) is 4. The minimum Gasteiger partial charge on any atom is -0.478 e. The van der Waals surface area contributed by atoms with Crippen molar-refractivity contribution < 1.29 is 29.0 Å². The van der Waals surface area contributed by atoms with Gasteiger partial charge in [0, 0.05) is 28.0 Å². The van der Waals surface area contributed by atoms with E-state index in [1.165, 1.54) is 22.8 Å². The number of benzene rings is 2. The number of nitrogens with zero attached hydrogens (tertiary/aromatic N) is 1. The molecule has 0 atom stereocenters. The molecule has 0 fully saturated rings. The average Bonchev–Trinajstić information content (AvgIpc) is 3.23. The molecule has 3 rings (SSSR count). The lowest BCUT2D eigenvalue weighted by atomic mass is 10.1. The second-order valence-electron chi connectivity index (χ2n) is 8.82. The fourth-order valence-corrected chi connectivity index (χ4v) is 4.08. The van der Waals surface area contributed by atoms with Crippen LogP contribution in [-0.4, -0.2) is 46.8 Å². The minimum atomic E-state index is -1.25. The zero-order chi connectivity index (χ0) is 29.9. The van der Waals surface area contributed by atoms with Gasteiger partial charge in [-0.1, -0.05) is 61.2 Å². The van der Waals surface area contributed by atoms with Gasteiger partial charge in [-0.25, -0.2) is 14.4 Å². The maximum Gasteiger partial charge on any atom is 0.407 e. The Morgan fingerprint density at radius 1 is 1.05 bits per heavy atom. The van der Waals surface area contributed by atoms with Crippen LogP contribution in [0.15, 0.2) is 85.0 Å². The van der Waals surface area contributed by atoms with Crippen molar-refractivity contribution in [2.75, 3.05) is 23.8 Å². The third kappa shape index (κ3) is 7.82. The number of carboxylic acids is 1. The molecule has 0 radical (unpaired) electrons. The summed E-state index contributed by atoms with van der Waals surface area (Å²) in [5.41, 5.74) is 3.16. The number of ether oxygens (including phenoxy) is 1. The smallest absolute Gasteiger partial charge is 0.407 e. The van der Waals surface area contributed by atoms with Gasteiger partial charge >= 0.3 is 18.1 Å². The fourth-order valence-electron chi connectivity index (χ4n) is 4.08. The highest BCUT2D eigenvalue weighted by atomic mass is 16.5. The summed E-state index contributed by atoms with van der Waals surface area (Å²) in [6.07, 6.45) is 9.81. The Kier molecular flexibility index (Phi) is 10.4. The molecule has 0 saturated heterocycles. The highest BCUT2D eigenvalue weighted by molar-refractivity contribution is 6.04. The number of rotatable bonds is 10. The molecule has 0 bridgehead atoms. The molecule has 1 heterocycles. The molecule has 10 nitrogen and oxygen atoms in total. The standard InChI is InChI=1S/C31H32N4O6/c1-5-8-12-21(7-3)19-41-31(40)32-18-28(36)33-23-15-22(29(37)38)16-24(17-23)34-30(39)35-20(4)25(11-6-2)26-13-9-10-14-27(26)35/h5-17H,1,18-19H2,2-4H3,(H,32,40)(H,33,36)(H,34,39)(H,37,38)/b11-6-,12-8-,21-7+. The van der Waals surface area contributed by atoms with Crippen molar-refractivity contribution in [3.8, 4) is 0 Å². The third-order valence-electron chi connectivity index (χ3n) is 5.99. The van der Waals surface area contributed by atoms with Crippen molar-refractivity contribution in [1.29, 1.82) is 0 Å². The number of nitrogens with one attached hydrogen (secondary N) is 3. The van der Waals surface area contributed by atoms with Crippen molar-refractivity contribution in [2.45, 2.75) is 20.8 Å². The van der Waals surface area contributed by atoms with E-state index in [4.69, 9.17) is 4.74 Å². The molecule has 4 N–H and O–H groups in total. The van der Waals surface area contributed by atoms with E-state index in [1.807, 2.05) is 50.3 Å². The second-order valence-corrected chi connectivity index (χ2v) is 8.82. The van der Waals surface area contributed by atoms with Crippen LogP contribution in [0, 0.1) is 6.92 Å². The molecule has 10 heteroatoms. The maximum absolute atomic E-state index is 13.4. The molecule has 2 aromatic carbocycles. The van der Waals surface area contributed by atoms with Gasteiger partial charge in [0.15, 0.2) is 0 Å². The Bertz CT molecular complexity index is 1580. The molecule has 0 unspecified atom stereocenters. The summed E-state index contributed by atoms with van der Waals surface area (Å²) < 4.78 is 6.60. The van der Waals surface area contributed by atoms with Gasteiger partial charge in [0.05, 0.1) is 11.1 Å². The van der Waals surface area contributed by atoms with Gasteiger partial charge in [-0.3, -0.25) is 9.36 Å². The van der Waals surface area contributed by atoms with E-state index in [2.05, 4.69) is 22.5 Å². The number of allylic oxidation sites excluding steroid dienone is 4. The molecule has 1 aromatic heterocycles. The molecular weight excluding hydrogens is 524 g/mol. The maximum atomic E-state index is 13.4. The van der Waals surface area contributed by atoms with Crippen molar-refractivity contribution in [1.82, 2.24) is 9.88 Å². The number of carbonyl (C=O) groups excluding carboxylic acids is 3. The lowest BCUT2D eigenvalue weighted by Crippen LogP contribution is -2.33. The molecule has 3 amide bonds. The van der Waals surface area contributed by atoms with Gasteiger partial charge in [-0.2, -0.15) is 0 Å². The molecule has 0 spiro atoms. The predicted octanol–water partition coefficient (Wildman–Crippen LogP) is 6.11. The van der Waals surface area contributed by atoms with Crippen molar-refractivity contribution in [3.05, 3.63) is 102 Å². The number of fused-ring (bicyclic) bond motifs is 1. The summed E-state index contributed by atoms with van der Waals surface area (Å²) in [5, 5.41) is 18.1. The number of carbonyl (C=O) groups is 4. The first kappa shape index (κ1) is 30.2. The summed E-state index contributed by atoms with van der Waals surface area (Å²) in [4.78, 5) is 49.6. The third-order valence-corrected chi connectivity index (χ3v) is 5.99. The van der Waals surface area contributed by atoms with Gasteiger partial charge in [0.25, 0.3) is 0 Å². The topological polar surface area (TPSA) is 139 Å². The average molecular weight is 557 g/mol. The van der Waals surface area contributed by atoms with E-state index in [1.54, 1.807) is 31.2 Å². The SMILES string of the molecule is C=C/C=C\C(=C/C)COC(=O)NCC(=O)Nc1cc(NC(=O)n2c(C)c(/C=C\C)c3ccccc32)cc(C(=O)O)c1. The monoisotopic (exact) mass is 556 g/mol. The number of anilines is 2. The van der Waals surface area contributed by atoms with E-state index in [9.17, 15) is 24.3 Å². The Balaban J connectivity index is 1.73. The second kappa shape index (κ2) is 14.1. The van der Waals surface area contributed by atoms with Gasteiger partial charge in [0.2, 0.25) is 5.91 Å². The number of alkyl carbamates (subject to hydrolysis) is 1. The Labute approximate surface area is 237 Å². The van der Waals surface area contributed by atoms with Gasteiger partial charge in [-0.05, 0) is 50.6 Å². The Morgan fingerprint density at radius 3 is 2.41 bits per heavy atom. The zero-order valence-corrected chi connectivity index (χ0v) is 23.1. The molecule has 0 saturated carbocycles. The number of aromatic carboxylic acids is 1. The number of amides is 3. The lowest BCUT2D eigenvalue weighted by Gasteiger charge is -2.13. The Hall–Kier alpha value is -5.38.